The normalized spacial score (nSPS) is 17.2. The molecular formula is C16H21N5. The summed E-state index contributed by atoms with van der Waals surface area (Å²) in [6, 6.07) is 9.41. The Morgan fingerprint density at radius 3 is 3.00 bits per heavy atom. The minimum absolute atomic E-state index is 0.719. The Morgan fingerprint density at radius 2 is 2.10 bits per heavy atom. The highest BCUT2D eigenvalue weighted by atomic mass is 15.4. The Hall–Kier alpha value is -1.88. The first kappa shape index (κ1) is 12.8. The minimum atomic E-state index is 0.719. The van der Waals surface area contributed by atoms with Crippen LogP contribution in [-0.4, -0.2) is 34.1 Å². The highest BCUT2D eigenvalue weighted by molar-refractivity contribution is 5.57. The van der Waals surface area contributed by atoms with Crippen LogP contribution in [0.15, 0.2) is 30.5 Å². The van der Waals surface area contributed by atoms with Gasteiger partial charge in [0.05, 0.1) is 12.2 Å². The summed E-state index contributed by atoms with van der Waals surface area (Å²) in [5, 5.41) is 11.9. The molecule has 1 saturated carbocycles. The van der Waals surface area contributed by atoms with Crippen molar-refractivity contribution in [2.24, 2.45) is 0 Å². The summed E-state index contributed by atoms with van der Waals surface area (Å²) in [5.41, 5.74) is 3.89. The molecule has 4 rings (SSSR count). The van der Waals surface area contributed by atoms with Gasteiger partial charge in [-0.25, -0.2) is 0 Å². The molecule has 0 unspecified atom stereocenters. The molecule has 0 bridgehead atoms. The van der Waals surface area contributed by atoms with Gasteiger partial charge >= 0.3 is 0 Å². The lowest BCUT2D eigenvalue weighted by Gasteiger charge is -2.18. The first-order chi connectivity index (χ1) is 10.4. The van der Waals surface area contributed by atoms with Crippen molar-refractivity contribution in [1.29, 1.82) is 0 Å². The molecule has 0 radical (unpaired) electrons. The number of para-hydroxylation sites is 1. The summed E-state index contributed by atoms with van der Waals surface area (Å²) in [5.74, 6) is 0. The van der Waals surface area contributed by atoms with Crippen LogP contribution in [0.2, 0.25) is 0 Å². The Balaban J connectivity index is 1.32. The van der Waals surface area contributed by atoms with Gasteiger partial charge in [0, 0.05) is 37.6 Å². The van der Waals surface area contributed by atoms with E-state index in [1.807, 2.05) is 4.68 Å². The predicted octanol–water partition coefficient (Wildman–Crippen LogP) is 1.59. The Labute approximate surface area is 125 Å². The van der Waals surface area contributed by atoms with Gasteiger partial charge < -0.3 is 10.2 Å². The number of anilines is 1. The molecule has 1 aromatic heterocycles. The molecular weight excluding hydrogens is 262 g/mol. The maximum absolute atomic E-state index is 4.24. The van der Waals surface area contributed by atoms with E-state index < -0.39 is 0 Å². The fourth-order valence-corrected chi connectivity index (χ4v) is 2.93. The fraction of sp³-hybridized carbons (Fsp3) is 0.500. The number of nitrogens with one attached hydrogen (secondary N) is 1. The molecule has 0 amide bonds. The van der Waals surface area contributed by atoms with Crippen molar-refractivity contribution in [3.05, 3.63) is 41.7 Å². The summed E-state index contributed by atoms with van der Waals surface area (Å²) < 4.78 is 1.96. The maximum Gasteiger partial charge on any atom is 0.0964 e. The number of benzene rings is 1. The van der Waals surface area contributed by atoms with Gasteiger partial charge in [-0.2, -0.15) is 0 Å². The SMILES string of the molecule is c1ccc2c(c1)CCN2CCn1cc(CNC2CC2)nn1. The number of hydrogen-bond donors (Lipinski definition) is 1. The predicted molar refractivity (Wildman–Crippen MR) is 82.2 cm³/mol. The van der Waals surface area contributed by atoms with Crippen LogP contribution in [0.5, 0.6) is 0 Å². The molecule has 1 aliphatic carbocycles. The maximum atomic E-state index is 4.24. The second-order valence-corrected chi connectivity index (χ2v) is 5.99. The summed E-state index contributed by atoms with van der Waals surface area (Å²) in [6.07, 6.45) is 5.84. The van der Waals surface area contributed by atoms with Gasteiger partial charge in [0.15, 0.2) is 0 Å². The van der Waals surface area contributed by atoms with Gasteiger partial charge in [0.1, 0.15) is 0 Å². The van der Waals surface area contributed by atoms with E-state index in [1.165, 1.54) is 24.1 Å². The fourth-order valence-electron chi connectivity index (χ4n) is 2.93. The van der Waals surface area contributed by atoms with Crippen LogP contribution in [0.25, 0.3) is 0 Å². The molecule has 0 spiro atoms. The second-order valence-electron chi connectivity index (χ2n) is 5.99. The van der Waals surface area contributed by atoms with Gasteiger partial charge in [-0.15, -0.1) is 5.10 Å². The highest BCUT2D eigenvalue weighted by Crippen LogP contribution is 2.26. The molecule has 0 atom stereocenters. The molecule has 1 aliphatic heterocycles. The van der Waals surface area contributed by atoms with Crippen molar-refractivity contribution in [3.8, 4) is 0 Å². The first-order valence-electron chi connectivity index (χ1n) is 7.84. The molecule has 5 nitrogen and oxygen atoms in total. The lowest BCUT2D eigenvalue weighted by atomic mass is 10.2. The number of nitrogens with zero attached hydrogens (tertiary/aromatic N) is 4. The third-order valence-electron chi connectivity index (χ3n) is 4.32. The first-order valence-corrected chi connectivity index (χ1v) is 7.84. The van der Waals surface area contributed by atoms with Crippen LogP contribution < -0.4 is 10.2 Å². The molecule has 0 saturated heterocycles. The van der Waals surface area contributed by atoms with Gasteiger partial charge in [0.2, 0.25) is 0 Å². The molecule has 2 aliphatic rings. The monoisotopic (exact) mass is 283 g/mol. The summed E-state index contributed by atoms with van der Waals surface area (Å²) in [6.45, 7) is 3.85. The third kappa shape index (κ3) is 2.93. The molecule has 1 aromatic carbocycles. The van der Waals surface area contributed by atoms with Crippen molar-refractivity contribution in [2.45, 2.75) is 38.4 Å². The summed E-state index contributed by atoms with van der Waals surface area (Å²) >= 11 is 0. The zero-order chi connectivity index (χ0) is 14.1. The van der Waals surface area contributed by atoms with E-state index >= 15 is 0 Å². The molecule has 5 heteroatoms. The van der Waals surface area contributed by atoms with Crippen LogP contribution >= 0.6 is 0 Å². The average molecular weight is 283 g/mol. The molecule has 2 heterocycles. The Kier molecular flexibility index (Phi) is 3.35. The lowest BCUT2D eigenvalue weighted by molar-refractivity contribution is 0.580. The van der Waals surface area contributed by atoms with E-state index in [9.17, 15) is 0 Å². The van der Waals surface area contributed by atoms with Crippen molar-refractivity contribution >= 4 is 5.69 Å². The topological polar surface area (TPSA) is 46.0 Å². The van der Waals surface area contributed by atoms with Crippen LogP contribution in [0.4, 0.5) is 5.69 Å². The summed E-state index contributed by atoms with van der Waals surface area (Å²) in [4.78, 5) is 2.44. The molecule has 110 valence electrons. The molecule has 1 N–H and O–H groups in total. The van der Waals surface area contributed by atoms with Crippen LogP contribution in [-0.2, 0) is 19.5 Å². The van der Waals surface area contributed by atoms with E-state index in [0.29, 0.717) is 0 Å². The van der Waals surface area contributed by atoms with Crippen molar-refractivity contribution in [3.63, 3.8) is 0 Å². The molecule has 21 heavy (non-hydrogen) atoms. The summed E-state index contributed by atoms with van der Waals surface area (Å²) in [7, 11) is 0. The van der Waals surface area contributed by atoms with E-state index in [2.05, 4.69) is 51.0 Å². The lowest BCUT2D eigenvalue weighted by Crippen LogP contribution is -2.25. The van der Waals surface area contributed by atoms with Crippen LogP contribution in [0, 0.1) is 0 Å². The molecule has 2 aromatic rings. The largest absolute Gasteiger partial charge is 0.369 e. The van der Waals surface area contributed by atoms with Crippen LogP contribution in [0.1, 0.15) is 24.1 Å². The zero-order valence-electron chi connectivity index (χ0n) is 12.2. The van der Waals surface area contributed by atoms with E-state index in [4.69, 9.17) is 0 Å². The zero-order valence-corrected chi connectivity index (χ0v) is 12.2. The number of rotatable bonds is 6. The van der Waals surface area contributed by atoms with Gasteiger partial charge in [0.25, 0.3) is 0 Å². The Morgan fingerprint density at radius 1 is 1.19 bits per heavy atom. The van der Waals surface area contributed by atoms with Crippen molar-refractivity contribution in [1.82, 2.24) is 20.3 Å². The average Bonchev–Trinajstić information content (AvgIpc) is 3.09. The van der Waals surface area contributed by atoms with E-state index in [-0.39, 0.29) is 0 Å². The highest BCUT2D eigenvalue weighted by Gasteiger charge is 2.21. The van der Waals surface area contributed by atoms with E-state index in [0.717, 1.165) is 44.3 Å². The number of aromatic nitrogens is 3. The van der Waals surface area contributed by atoms with Crippen molar-refractivity contribution in [2.75, 3.05) is 18.0 Å². The van der Waals surface area contributed by atoms with Crippen LogP contribution in [0.3, 0.4) is 0 Å². The minimum Gasteiger partial charge on any atom is -0.369 e. The quantitative estimate of drug-likeness (QED) is 0.874. The standard InChI is InChI=1S/C16H21N5/c1-2-4-16-13(3-1)7-8-20(16)9-10-21-12-15(18-19-21)11-17-14-5-6-14/h1-4,12,14,17H,5-11H2. The van der Waals surface area contributed by atoms with Gasteiger partial charge in [-0.1, -0.05) is 23.4 Å². The number of fused-ring (bicyclic) bond motifs is 1. The number of hydrogen-bond acceptors (Lipinski definition) is 4. The smallest absolute Gasteiger partial charge is 0.0964 e. The Bertz CT molecular complexity index is 617. The van der Waals surface area contributed by atoms with Gasteiger partial charge in [-0.05, 0) is 30.9 Å². The van der Waals surface area contributed by atoms with E-state index in [1.54, 1.807) is 0 Å². The van der Waals surface area contributed by atoms with Crippen molar-refractivity contribution < 1.29 is 0 Å². The van der Waals surface area contributed by atoms with Gasteiger partial charge in [-0.3, -0.25) is 4.68 Å². The third-order valence-corrected chi connectivity index (χ3v) is 4.32. The second kappa shape index (κ2) is 5.48. The molecule has 1 fully saturated rings.